The Hall–Kier alpha value is -1.28. The van der Waals surface area contributed by atoms with Gasteiger partial charge in [-0.3, -0.25) is 0 Å². The van der Waals surface area contributed by atoms with Crippen molar-refractivity contribution in [2.45, 2.75) is 70.7 Å². The second-order valence-corrected chi connectivity index (χ2v) is 5.87. The first-order chi connectivity index (χ1) is 10.3. The highest BCUT2D eigenvalue weighted by molar-refractivity contribution is 5.57. The number of rotatable bonds is 8. The Kier molecular flexibility index (Phi) is 6.81. The van der Waals surface area contributed by atoms with Gasteiger partial charge in [-0.25, -0.2) is 0 Å². The largest absolute Gasteiger partial charge is 0.465 e. The number of hydrogen-bond acceptors (Lipinski definition) is 2. The molecule has 1 aromatic carbocycles. The maximum atomic E-state index is 6.08. The van der Waals surface area contributed by atoms with Gasteiger partial charge in [0.25, 0.3) is 0 Å². The third-order valence-corrected chi connectivity index (χ3v) is 4.06. The quantitative estimate of drug-likeness (QED) is 0.462. The number of hydrogen-bond donors (Lipinski definition) is 0. The summed E-state index contributed by atoms with van der Waals surface area (Å²) >= 11 is 0. The molecular weight excluding hydrogens is 260 g/mol. The monoisotopic (exact) mass is 288 g/mol. The molecule has 2 rings (SSSR count). The Morgan fingerprint density at radius 2 is 2.00 bits per heavy atom. The molecule has 1 aliphatic rings. The Morgan fingerprint density at radius 3 is 2.76 bits per heavy atom. The molecule has 0 unspecified atom stereocenters. The Morgan fingerprint density at radius 1 is 1.19 bits per heavy atom. The third-order valence-electron chi connectivity index (χ3n) is 4.06. The fraction of sp³-hybridized carbons (Fsp3) is 0.579. The smallest absolute Gasteiger partial charge is 0.200 e. The van der Waals surface area contributed by atoms with Crippen LogP contribution in [0.1, 0.15) is 63.9 Å². The van der Waals surface area contributed by atoms with E-state index < -0.39 is 0 Å². The van der Waals surface area contributed by atoms with E-state index in [1.165, 1.54) is 38.5 Å². The molecule has 2 nitrogen and oxygen atoms in total. The molecule has 0 aromatic heterocycles. The summed E-state index contributed by atoms with van der Waals surface area (Å²) in [6.07, 6.45) is 9.94. The number of ether oxygens (including phenoxy) is 2. The minimum absolute atomic E-state index is 0.123. The highest BCUT2D eigenvalue weighted by atomic mass is 16.7. The van der Waals surface area contributed by atoms with E-state index in [9.17, 15) is 0 Å². The van der Waals surface area contributed by atoms with Crippen LogP contribution < -0.4 is 0 Å². The first kappa shape index (κ1) is 16.1. The van der Waals surface area contributed by atoms with Crippen LogP contribution in [0.25, 0.3) is 5.76 Å². The summed E-state index contributed by atoms with van der Waals surface area (Å²) in [7, 11) is 0. The van der Waals surface area contributed by atoms with Gasteiger partial charge in [-0.15, -0.1) is 0 Å². The van der Waals surface area contributed by atoms with Crippen molar-refractivity contribution in [3.63, 3.8) is 0 Å². The summed E-state index contributed by atoms with van der Waals surface area (Å²) < 4.78 is 12.0. The molecule has 21 heavy (non-hydrogen) atoms. The Bertz CT molecular complexity index is 413. The van der Waals surface area contributed by atoms with Gasteiger partial charge in [0, 0.05) is 12.0 Å². The molecule has 1 heterocycles. The zero-order valence-corrected chi connectivity index (χ0v) is 13.2. The average Bonchev–Trinajstić information content (AvgIpc) is 2.53. The molecule has 1 saturated heterocycles. The Balaban J connectivity index is 1.74. The molecular formula is C19H28O2. The van der Waals surface area contributed by atoms with Crippen LogP contribution in [0.5, 0.6) is 0 Å². The van der Waals surface area contributed by atoms with Crippen molar-refractivity contribution in [1.29, 1.82) is 0 Å². The maximum Gasteiger partial charge on any atom is 0.200 e. The van der Waals surface area contributed by atoms with Crippen molar-refractivity contribution in [1.82, 2.24) is 0 Å². The molecule has 1 aliphatic heterocycles. The van der Waals surface area contributed by atoms with Crippen LogP contribution in [0.15, 0.2) is 36.9 Å². The van der Waals surface area contributed by atoms with E-state index in [1.807, 2.05) is 30.3 Å². The molecule has 0 N–H and O–H groups in total. The molecule has 0 saturated carbocycles. The standard InChI is InChI=1S/C19H28O2/c1-3-4-5-9-13-18-14-10-15-19(21-18)20-16(2)17-11-7-6-8-12-17/h6-8,11-12,18-19H,2-5,9-10,13-15H2,1H3/t18-,19-/m1/s1. The van der Waals surface area contributed by atoms with Gasteiger partial charge in [-0.2, -0.15) is 0 Å². The second-order valence-electron chi connectivity index (χ2n) is 5.87. The third kappa shape index (κ3) is 5.55. The lowest BCUT2D eigenvalue weighted by atomic mass is 10.0. The molecule has 0 bridgehead atoms. The summed E-state index contributed by atoms with van der Waals surface area (Å²) in [6, 6.07) is 10.0. The van der Waals surface area contributed by atoms with E-state index in [0.29, 0.717) is 11.9 Å². The first-order valence-electron chi connectivity index (χ1n) is 8.36. The van der Waals surface area contributed by atoms with E-state index in [0.717, 1.165) is 18.4 Å². The van der Waals surface area contributed by atoms with E-state index in [-0.39, 0.29) is 6.29 Å². The van der Waals surface area contributed by atoms with Gasteiger partial charge in [-0.05, 0) is 19.3 Å². The van der Waals surface area contributed by atoms with Crippen LogP contribution in [-0.2, 0) is 9.47 Å². The molecule has 0 spiro atoms. The van der Waals surface area contributed by atoms with Crippen molar-refractivity contribution < 1.29 is 9.47 Å². The maximum absolute atomic E-state index is 6.08. The highest BCUT2D eigenvalue weighted by Crippen LogP contribution is 2.27. The fourth-order valence-corrected chi connectivity index (χ4v) is 2.81. The summed E-state index contributed by atoms with van der Waals surface area (Å²) in [5, 5.41) is 0. The molecule has 1 fully saturated rings. The van der Waals surface area contributed by atoms with Gasteiger partial charge < -0.3 is 9.47 Å². The predicted octanol–water partition coefficient (Wildman–Crippen LogP) is 5.54. The average molecular weight is 288 g/mol. The summed E-state index contributed by atoms with van der Waals surface area (Å²) in [6.45, 7) is 6.27. The number of unbranched alkanes of at least 4 members (excludes halogenated alkanes) is 3. The van der Waals surface area contributed by atoms with E-state index >= 15 is 0 Å². The van der Waals surface area contributed by atoms with Gasteiger partial charge >= 0.3 is 0 Å². The molecule has 2 atom stereocenters. The minimum atomic E-state index is -0.123. The van der Waals surface area contributed by atoms with Crippen molar-refractivity contribution in [2.24, 2.45) is 0 Å². The molecule has 2 heteroatoms. The lowest BCUT2D eigenvalue weighted by Gasteiger charge is -2.31. The second kappa shape index (κ2) is 8.89. The van der Waals surface area contributed by atoms with Crippen LogP contribution in [0.4, 0.5) is 0 Å². The van der Waals surface area contributed by atoms with Gasteiger partial charge in [0.15, 0.2) is 6.29 Å². The van der Waals surface area contributed by atoms with Crippen LogP contribution in [-0.4, -0.2) is 12.4 Å². The van der Waals surface area contributed by atoms with Crippen molar-refractivity contribution >= 4 is 5.76 Å². The lowest BCUT2D eigenvalue weighted by molar-refractivity contribution is -0.161. The summed E-state index contributed by atoms with van der Waals surface area (Å²) in [5.41, 5.74) is 1.03. The topological polar surface area (TPSA) is 18.5 Å². The normalized spacial score (nSPS) is 22.0. The van der Waals surface area contributed by atoms with E-state index in [1.54, 1.807) is 0 Å². The summed E-state index contributed by atoms with van der Waals surface area (Å²) in [5.74, 6) is 0.715. The molecule has 116 valence electrons. The van der Waals surface area contributed by atoms with Crippen molar-refractivity contribution in [3.05, 3.63) is 42.5 Å². The molecule has 0 aliphatic carbocycles. The van der Waals surface area contributed by atoms with Crippen LogP contribution in [0, 0.1) is 0 Å². The highest BCUT2D eigenvalue weighted by Gasteiger charge is 2.23. The van der Waals surface area contributed by atoms with Crippen molar-refractivity contribution in [2.75, 3.05) is 0 Å². The zero-order valence-electron chi connectivity index (χ0n) is 13.2. The summed E-state index contributed by atoms with van der Waals surface area (Å²) in [4.78, 5) is 0. The van der Waals surface area contributed by atoms with Gasteiger partial charge in [-0.1, -0.05) is 69.5 Å². The van der Waals surface area contributed by atoms with E-state index in [2.05, 4.69) is 13.5 Å². The van der Waals surface area contributed by atoms with Gasteiger partial charge in [0.05, 0.1) is 6.10 Å². The van der Waals surface area contributed by atoms with E-state index in [4.69, 9.17) is 9.47 Å². The zero-order chi connectivity index (χ0) is 14.9. The number of benzene rings is 1. The first-order valence-corrected chi connectivity index (χ1v) is 8.36. The molecule has 0 radical (unpaired) electrons. The fourth-order valence-electron chi connectivity index (χ4n) is 2.81. The minimum Gasteiger partial charge on any atom is -0.465 e. The molecule has 1 aromatic rings. The van der Waals surface area contributed by atoms with Gasteiger partial charge in [0.2, 0.25) is 0 Å². The lowest BCUT2D eigenvalue weighted by Crippen LogP contribution is -2.29. The van der Waals surface area contributed by atoms with Gasteiger partial charge in [0.1, 0.15) is 5.76 Å². The SMILES string of the molecule is C=C(O[C@H]1CCC[C@@H](CCCCCC)O1)c1ccccc1. The van der Waals surface area contributed by atoms with Crippen LogP contribution in [0.3, 0.4) is 0 Å². The van der Waals surface area contributed by atoms with Crippen LogP contribution >= 0.6 is 0 Å². The van der Waals surface area contributed by atoms with Crippen molar-refractivity contribution in [3.8, 4) is 0 Å². The Labute approximate surface area is 129 Å². The predicted molar refractivity (Wildman–Crippen MR) is 87.8 cm³/mol. The van der Waals surface area contributed by atoms with Crippen LogP contribution in [0.2, 0.25) is 0 Å². The molecule has 0 amide bonds.